The van der Waals surface area contributed by atoms with Crippen LogP contribution in [0.15, 0.2) is 72.3 Å². The third kappa shape index (κ3) is 16.7. The van der Waals surface area contributed by atoms with Gasteiger partial charge >= 0.3 is 67.3 Å². The normalized spacial score (nSPS) is 13.0. The van der Waals surface area contributed by atoms with E-state index in [2.05, 4.69) is 101 Å². The average molecular weight is 731 g/mol. The van der Waals surface area contributed by atoms with Crippen LogP contribution in [-0.4, -0.2) is 4.70 Å². The second-order valence-electron chi connectivity index (χ2n) is 13.1. The summed E-state index contributed by atoms with van der Waals surface area (Å²) in [6, 6.07) is 17.5. The molecule has 1 aliphatic rings. The minimum atomic E-state index is 0.851. The summed E-state index contributed by atoms with van der Waals surface area (Å²) in [5.74, 6) is 0. The standard InChI is InChI=1S/C36H50N2.2C4H9.Pd/c1-4-7-10-11-12-13-14-15-16-17-20-34-29-35(32-25-21-30(22-26-32)18-8-5-2)38(37)36(34)33-27-23-31(24-28-33)19-9-6-3;2*1-3-4-2;/h17,20-29H,4-16,18-19H2,1-3H3;2*1,3-4H2,2H3;. The molecule has 0 atom stereocenters. The number of aryl methyl sites for hydroxylation is 2. The van der Waals surface area contributed by atoms with Gasteiger partial charge < -0.3 is 5.53 Å². The fourth-order valence-electron chi connectivity index (χ4n) is 5.64. The number of rotatable bonds is 24. The van der Waals surface area contributed by atoms with Crippen LogP contribution >= 0.6 is 0 Å². The van der Waals surface area contributed by atoms with Gasteiger partial charge in [0.1, 0.15) is 0 Å². The van der Waals surface area contributed by atoms with E-state index in [4.69, 9.17) is 0 Å². The fourth-order valence-corrected chi connectivity index (χ4v) is 7.91. The number of nitrogens with zero attached hydrogens (tertiary/aromatic N) is 2. The first kappa shape index (κ1) is 41.1. The number of allylic oxidation sites excluding steroid dienone is 4. The van der Waals surface area contributed by atoms with E-state index in [1.165, 1.54) is 128 Å². The van der Waals surface area contributed by atoms with E-state index in [1.807, 2.05) is 0 Å². The molecule has 0 fully saturated rings. The first-order valence-corrected chi connectivity index (χ1v) is 21.5. The van der Waals surface area contributed by atoms with Gasteiger partial charge in [0.05, 0.1) is 5.57 Å². The predicted octanol–water partition coefficient (Wildman–Crippen LogP) is 14.8. The van der Waals surface area contributed by atoms with Crippen molar-refractivity contribution in [1.82, 2.24) is 0 Å². The molecule has 2 aromatic rings. The van der Waals surface area contributed by atoms with Crippen LogP contribution in [0.5, 0.6) is 0 Å². The summed E-state index contributed by atoms with van der Waals surface area (Å²) in [7, 11) is 0. The van der Waals surface area contributed by atoms with E-state index < -0.39 is 0 Å². The zero-order valence-corrected chi connectivity index (χ0v) is 32.5. The Morgan fingerprint density at radius 1 is 0.553 bits per heavy atom. The first-order valence-electron chi connectivity index (χ1n) is 19.3. The van der Waals surface area contributed by atoms with Crippen LogP contribution in [0.25, 0.3) is 16.9 Å². The molecule has 2 aromatic carbocycles. The third-order valence-corrected chi connectivity index (χ3v) is 11.0. The molecule has 264 valence electrons. The van der Waals surface area contributed by atoms with Crippen molar-refractivity contribution in [3.05, 3.63) is 100 Å². The molecule has 0 amide bonds. The second-order valence-corrected chi connectivity index (χ2v) is 15.4. The van der Waals surface area contributed by atoms with Gasteiger partial charge in [-0.1, -0.05) is 115 Å². The van der Waals surface area contributed by atoms with Crippen molar-refractivity contribution in [3.63, 3.8) is 0 Å². The Morgan fingerprint density at radius 2 is 1.02 bits per heavy atom. The number of benzene rings is 2. The van der Waals surface area contributed by atoms with Gasteiger partial charge in [-0.25, -0.2) is 4.70 Å². The summed E-state index contributed by atoms with van der Waals surface area (Å²) in [5, 5.41) is 0. The molecule has 3 heteroatoms. The Labute approximate surface area is 299 Å². The maximum atomic E-state index is 11.4. The predicted molar refractivity (Wildman–Crippen MR) is 204 cm³/mol. The maximum absolute atomic E-state index is 11.4. The first-order chi connectivity index (χ1) is 23.1. The summed E-state index contributed by atoms with van der Waals surface area (Å²) in [4.78, 5) is 3.01. The van der Waals surface area contributed by atoms with E-state index in [0.29, 0.717) is 0 Å². The SMILES string of the molecule is CCCCCCCCCCC=CC1=C(c2ccc(CCCC)cc2)[N+](=[N-])C(c2ccc(CCCC)cc2)=C1.CCC[CH2][Pd][CH2]CCC. The fraction of sp³-hybridized carbons (Fsp3) is 0.591. The molecule has 0 N–H and O–H groups in total. The number of hydrogen-bond acceptors (Lipinski definition) is 0. The molecule has 0 aliphatic carbocycles. The number of hydrogen-bond donors (Lipinski definition) is 0. The summed E-state index contributed by atoms with van der Waals surface area (Å²) >= 11 is 1.07. The number of unbranched alkanes of at least 4 members (excludes halogenated alkanes) is 12. The van der Waals surface area contributed by atoms with Crippen LogP contribution in [0.3, 0.4) is 0 Å². The molecular weight excluding hydrogens is 663 g/mol. The zero-order chi connectivity index (χ0) is 34.0. The molecule has 47 heavy (non-hydrogen) atoms. The van der Waals surface area contributed by atoms with E-state index in [-0.39, 0.29) is 0 Å². The molecule has 2 nitrogen and oxygen atoms in total. The van der Waals surface area contributed by atoms with Crippen molar-refractivity contribution in [2.75, 3.05) is 0 Å². The minimum absolute atomic E-state index is 0.851. The topological polar surface area (TPSA) is 25.3 Å². The molecule has 1 aliphatic heterocycles. The molecular formula is C44H68N2Pd. The van der Waals surface area contributed by atoms with Gasteiger partial charge in [0.2, 0.25) is 11.4 Å². The Hall–Kier alpha value is -2.08. The molecule has 0 aromatic heterocycles. The van der Waals surface area contributed by atoms with Gasteiger partial charge in [-0.3, -0.25) is 0 Å². The molecule has 0 spiro atoms. The molecule has 0 unspecified atom stereocenters. The molecule has 0 bridgehead atoms. The zero-order valence-electron chi connectivity index (χ0n) is 30.9. The van der Waals surface area contributed by atoms with Crippen LogP contribution in [-0.2, 0) is 30.8 Å². The molecule has 0 radical (unpaired) electrons. The van der Waals surface area contributed by atoms with Gasteiger partial charge in [0.15, 0.2) is 0 Å². The molecule has 1 heterocycles. The van der Waals surface area contributed by atoms with Gasteiger partial charge in [-0.05, 0) is 73.9 Å². The van der Waals surface area contributed by atoms with Crippen molar-refractivity contribution in [2.45, 2.75) is 166 Å². The molecule has 3 rings (SSSR count). The monoisotopic (exact) mass is 730 g/mol. The summed E-state index contributed by atoms with van der Waals surface area (Å²) in [5.41, 5.74) is 19.0. The summed E-state index contributed by atoms with van der Waals surface area (Å²) in [6.07, 6.45) is 31.2. The van der Waals surface area contributed by atoms with Crippen molar-refractivity contribution < 1.29 is 22.7 Å². The molecule has 0 saturated heterocycles. The van der Waals surface area contributed by atoms with Crippen molar-refractivity contribution in [3.8, 4) is 0 Å². The van der Waals surface area contributed by atoms with Gasteiger partial charge in [0.25, 0.3) is 0 Å². The van der Waals surface area contributed by atoms with Crippen molar-refractivity contribution in [2.24, 2.45) is 0 Å². The van der Waals surface area contributed by atoms with Crippen LogP contribution in [0.1, 0.15) is 166 Å². The average Bonchev–Trinajstić information content (AvgIpc) is 3.43. The van der Waals surface area contributed by atoms with Crippen molar-refractivity contribution >= 4 is 11.4 Å². The van der Waals surface area contributed by atoms with Gasteiger partial charge in [-0.2, -0.15) is 0 Å². The van der Waals surface area contributed by atoms with Crippen molar-refractivity contribution in [1.29, 1.82) is 0 Å². The molecule has 0 saturated carbocycles. The van der Waals surface area contributed by atoms with Gasteiger partial charge in [-0.15, -0.1) is 0 Å². The van der Waals surface area contributed by atoms with E-state index in [1.54, 1.807) is 0 Å². The Bertz CT molecular complexity index is 1180. The Balaban J connectivity index is 0.000000745. The third-order valence-electron chi connectivity index (χ3n) is 8.80. The quantitative estimate of drug-likeness (QED) is 0.0584. The summed E-state index contributed by atoms with van der Waals surface area (Å²) < 4.78 is 1.40. The van der Waals surface area contributed by atoms with Crippen LogP contribution in [0.2, 0.25) is 9.79 Å². The van der Waals surface area contributed by atoms with E-state index in [0.717, 1.165) is 65.3 Å². The van der Waals surface area contributed by atoms with E-state index >= 15 is 0 Å². The van der Waals surface area contributed by atoms with E-state index in [9.17, 15) is 5.53 Å². The second kappa shape index (κ2) is 26.8. The summed E-state index contributed by atoms with van der Waals surface area (Å²) in [6.45, 7) is 11.3. The van der Waals surface area contributed by atoms with Crippen LogP contribution in [0.4, 0.5) is 0 Å². The Morgan fingerprint density at radius 3 is 1.53 bits per heavy atom. The van der Waals surface area contributed by atoms with Crippen LogP contribution < -0.4 is 0 Å². The van der Waals surface area contributed by atoms with Gasteiger partial charge in [0, 0.05) is 17.2 Å². The Kier molecular flexibility index (Phi) is 23.5. The van der Waals surface area contributed by atoms with Crippen LogP contribution in [0, 0.1) is 0 Å².